The van der Waals surface area contributed by atoms with E-state index < -0.39 is 0 Å². The molecule has 0 saturated carbocycles. The zero-order chi connectivity index (χ0) is 10.7. The number of rotatable bonds is 3. The van der Waals surface area contributed by atoms with Gasteiger partial charge in [0.25, 0.3) is 0 Å². The third kappa shape index (κ3) is 2.41. The first-order valence-electron chi connectivity index (χ1n) is 5.72. The zero-order valence-corrected chi connectivity index (χ0v) is 9.49. The maximum Gasteiger partial charge on any atom is 0.127 e. The Morgan fingerprint density at radius 2 is 2.00 bits per heavy atom. The molecule has 1 nitrogen and oxygen atoms in total. The molecule has 0 heterocycles. The number of hydrogen-bond acceptors (Lipinski definition) is 1. The van der Waals surface area contributed by atoms with Crippen LogP contribution in [0.2, 0.25) is 0 Å². The molecule has 0 bridgehead atoms. The van der Waals surface area contributed by atoms with Gasteiger partial charge in [-0.05, 0) is 44.7 Å². The van der Waals surface area contributed by atoms with Crippen LogP contribution in [0.4, 0.5) is 0 Å². The lowest BCUT2D eigenvalue weighted by Gasteiger charge is -2.14. The molecule has 0 unspecified atom stereocenters. The topological polar surface area (TPSA) is 9.23 Å². The lowest BCUT2D eigenvalue weighted by atomic mass is 10.0. The van der Waals surface area contributed by atoms with E-state index in [0.29, 0.717) is 0 Å². The largest absolute Gasteiger partial charge is 0.490 e. The fraction of sp³-hybridized carbons (Fsp3) is 0.429. The molecule has 0 radical (unpaired) electrons. The molecule has 2 rings (SSSR count). The Bertz CT molecular complexity index is 363. The second-order valence-corrected chi connectivity index (χ2v) is 4.28. The highest BCUT2D eigenvalue weighted by molar-refractivity contribution is 5.71. The molecular weight excluding hydrogens is 184 g/mol. The van der Waals surface area contributed by atoms with Crippen molar-refractivity contribution in [3.05, 3.63) is 35.9 Å². The highest BCUT2D eigenvalue weighted by atomic mass is 16.5. The van der Waals surface area contributed by atoms with E-state index in [1.165, 1.54) is 30.4 Å². The molecule has 0 amide bonds. The number of para-hydroxylation sites is 1. The van der Waals surface area contributed by atoms with Gasteiger partial charge in [0.15, 0.2) is 0 Å². The smallest absolute Gasteiger partial charge is 0.127 e. The minimum absolute atomic E-state index is 0.244. The number of allylic oxidation sites excluding steroid dienone is 2. The summed E-state index contributed by atoms with van der Waals surface area (Å²) in [6.45, 7) is 4.14. The van der Waals surface area contributed by atoms with Gasteiger partial charge in [-0.25, -0.2) is 0 Å². The van der Waals surface area contributed by atoms with Gasteiger partial charge >= 0.3 is 0 Å². The molecule has 0 N–H and O–H groups in total. The molecule has 1 aromatic carbocycles. The van der Waals surface area contributed by atoms with E-state index in [2.05, 4.69) is 38.1 Å². The van der Waals surface area contributed by atoms with Crippen molar-refractivity contribution < 1.29 is 4.74 Å². The second-order valence-electron chi connectivity index (χ2n) is 4.28. The molecule has 0 aliphatic heterocycles. The predicted octanol–water partition coefficient (Wildman–Crippen LogP) is 4.04. The lowest BCUT2D eigenvalue weighted by molar-refractivity contribution is 0.241. The lowest BCUT2D eigenvalue weighted by Crippen LogP contribution is -2.07. The van der Waals surface area contributed by atoms with Gasteiger partial charge < -0.3 is 4.74 Å². The molecule has 0 aromatic heterocycles. The average molecular weight is 202 g/mol. The van der Waals surface area contributed by atoms with E-state index in [9.17, 15) is 0 Å². The Kier molecular flexibility index (Phi) is 3.10. The number of hydrogen-bond donors (Lipinski definition) is 0. The Morgan fingerprint density at radius 1 is 1.20 bits per heavy atom. The zero-order valence-electron chi connectivity index (χ0n) is 9.49. The van der Waals surface area contributed by atoms with Crippen LogP contribution in [0.1, 0.15) is 38.7 Å². The van der Waals surface area contributed by atoms with E-state index >= 15 is 0 Å². The van der Waals surface area contributed by atoms with Crippen molar-refractivity contribution in [1.29, 1.82) is 0 Å². The first kappa shape index (κ1) is 10.3. The van der Waals surface area contributed by atoms with E-state index in [0.717, 1.165) is 5.75 Å². The van der Waals surface area contributed by atoms with Crippen LogP contribution in [-0.4, -0.2) is 6.10 Å². The van der Waals surface area contributed by atoms with Gasteiger partial charge in [0.2, 0.25) is 0 Å². The second kappa shape index (κ2) is 4.52. The van der Waals surface area contributed by atoms with Gasteiger partial charge in [-0.15, -0.1) is 0 Å². The summed E-state index contributed by atoms with van der Waals surface area (Å²) in [7, 11) is 0. The highest BCUT2D eigenvalue weighted by Crippen LogP contribution is 2.33. The fourth-order valence-electron chi connectivity index (χ4n) is 2.00. The summed E-state index contributed by atoms with van der Waals surface area (Å²) in [4.78, 5) is 0. The summed E-state index contributed by atoms with van der Waals surface area (Å²) >= 11 is 0. The minimum Gasteiger partial charge on any atom is -0.490 e. The Labute approximate surface area is 91.8 Å². The van der Waals surface area contributed by atoms with Crippen LogP contribution in [-0.2, 0) is 0 Å². The molecule has 0 saturated heterocycles. The first-order valence-corrected chi connectivity index (χ1v) is 5.72. The SMILES string of the molecule is CC(C)Oc1ccccc1C1=CCCC1. The summed E-state index contributed by atoms with van der Waals surface area (Å²) in [5, 5.41) is 0. The van der Waals surface area contributed by atoms with Crippen molar-refractivity contribution in [2.75, 3.05) is 0 Å². The number of benzene rings is 1. The van der Waals surface area contributed by atoms with Crippen LogP contribution >= 0.6 is 0 Å². The van der Waals surface area contributed by atoms with Crippen molar-refractivity contribution in [3.63, 3.8) is 0 Å². The monoisotopic (exact) mass is 202 g/mol. The molecule has 0 spiro atoms. The van der Waals surface area contributed by atoms with Gasteiger partial charge in [0.05, 0.1) is 6.10 Å². The van der Waals surface area contributed by atoms with E-state index in [4.69, 9.17) is 4.74 Å². The normalized spacial score (nSPS) is 15.5. The molecule has 15 heavy (non-hydrogen) atoms. The van der Waals surface area contributed by atoms with Gasteiger partial charge in [-0.2, -0.15) is 0 Å². The maximum atomic E-state index is 5.82. The van der Waals surface area contributed by atoms with Gasteiger partial charge in [-0.3, -0.25) is 0 Å². The maximum absolute atomic E-state index is 5.82. The summed E-state index contributed by atoms with van der Waals surface area (Å²) < 4.78 is 5.82. The third-order valence-electron chi connectivity index (χ3n) is 2.64. The van der Waals surface area contributed by atoms with Crippen molar-refractivity contribution in [2.45, 2.75) is 39.2 Å². The Hall–Kier alpha value is -1.24. The van der Waals surface area contributed by atoms with Crippen LogP contribution in [0.3, 0.4) is 0 Å². The predicted molar refractivity (Wildman–Crippen MR) is 64.0 cm³/mol. The van der Waals surface area contributed by atoms with Crippen molar-refractivity contribution >= 4 is 5.57 Å². The molecule has 0 atom stereocenters. The van der Waals surface area contributed by atoms with Gasteiger partial charge in [-0.1, -0.05) is 24.3 Å². The molecular formula is C14H18O. The Morgan fingerprint density at radius 3 is 2.67 bits per heavy atom. The summed E-state index contributed by atoms with van der Waals surface area (Å²) in [5.41, 5.74) is 2.73. The minimum atomic E-state index is 0.244. The summed E-state index contributed by atoms with van der Waals surface area (Å²) in [5.74, 6) is 1.03. The molecule has 0 fully saturated rings. The molecule has 1 aliphatic carbocycles. The standard InChI is InChI=1S/C14H18O/c1-11(2)15-14-10-6-5-9-13(14)12-7-3-4-8-12/h5-7,9-11H,3-4,8H2,1-2H3. The average Bonchev–Trinajstić information content (AvgIpc) is 2.70. The third-order valence-corrected chi connectivity index (χ3v) is 2.64. The van der Waals surface area contributed by atoms with Crippen molar-refractivity contribution in [1.82, 2.24) is 0 Å². The van der Waals surface area contributed by atoms with Crippen LogP contribution in [0.15, 0.2) is 30.3 Å². The van der Waals surface area contributed by atoms with Crippen LogP contribution in [0.5, 0.6) is 5.75 Å². The first-order chi connectivity index (χ1) is 7.27. The number of ether oxygens (including phenoxy) is 1. The van der Waals surface area contributed by atoms with E-state index in [-0.39, 0.29) is 6.10 Å². The molecule has 1 heteroatoms. The van der Waals surface area contributed by atoms with Gasteiger partial charge in [0.1, 0.15) is 5.75 Å². The van der Waals surface area contributed by atoms with Crippen molar-refractivity contribution in [3.8, 4) is 5.75 Å². The van der Waals surface area contributed by atoms with Crippen LogP contribution in [0.25, 0.3) is 5.57 Å². The Balaban J connectivity index is 2.29. The molecule has 1 aromatic rings. The summed E-state index contributed by atoms with van der Waals surface area (Å²) in [6.07, 6.45) is 6.27. The molecule has 80 valence electrons. The van der Waals surface area contributed by atoms with E-state index in [1.54, 1.807) is 0 Å². The van der Waals surface area contributed by atoms with Crippen LogP contribution < -0.4 is 4.74 Å². The van der Waals surface area contributed by atoms with Gasteiger partial charge in [0, 0.05) is 5.56 Å². The highest BCUT2D eigenvalue weighted by Gasteiger charge is 2.12. The quantitative estimate of drug-likeness (QED) is 0.718. The van der Waals surface area contributed by atoms with Crippen molar-refractivity contribution in [2.24, 2.45) is 0 Å². The van der Waals surface area contributed by atoms with E-state index in [1.807, 2.05) is 6.07 Å². The van der Waals surface area contributed by atoms with Crippen LogP contribution in [0, 0.1) is 0 Å². The summed E-state index contributed by atoms with van der Waals surface area (Å²) in [6, 6.07) is 8.35. The molecule has 1 aliphatic rings. The fourth-order valence-corrected chi connectivity index (χ4v) is 2.00.